The van der Waals surface area contributed by atoms with E-state index >= 15 is 0 Å². The van der Waals surface area contributed by atoms with Crippen molar-refractivity contribution in [2.24, 2.45) is 0 Å². The van der Waals surface area contributed by atoms with Gasteiger partial charge in [0, 0.05) is 17.5 Å². The van der Waals surface area contributed by atoms with Crippen molar-refractivity contribution in [3.63, 3.8) is 0 Å². The second kappa shape index (κ2) is 10.6. The molecule has 19 heavy (non-hydrogen) atoms. The molecule has 0 atom stereocenters. The van der Waals surface area contributed by atoms with Crippen LogP contribution in [0.2, 0.25) is 5.02 Å². The van der Waals surface area contributed by atoms with E-state index in [0.717, 1.165) is 21.2 Å². The first-order valence-corrected chi connectivity index (χ1v) is 7.69. The first kappa shape index (κ1) is 17.7. The van der Waals surface area contributed by atoms with E-state index < -0.39 is 0 Å². The van der Waals surface area contributed by atoms with Crippen LogP contribution < -0.4 is 0 Å². The zero-order valence-electron chi connectivity index (χ0n) is 12.1. The van der Waals surface area contributed by atoms with Crippen molar-refractivity contribution >= 4 is 22.9 Å². The van der Waals surface area contributed by atoms with Gasteiger partial charge in [-0.25, -0.2) is 0 Å². The van der Waals surface area contributed by atoms with Crippen molar-refractivity contribution in [1.82, 2.24) is 4.98 Å². The smallest absolute Gasteiger partial charge is 0.0958 e. The third-order valence-electron chi connectivity index (χ3n) is 1.83. The largest absolute Gasteiger partial charge is 0.262 e. The summed E-state index contributed by atoms with van der Waals surface area (Å²) in [5.74, 6) is 6.11. The van der Waals surface area contributed by atoms with Gasteiger partial charge in [0.15, 0.2) is 0 Å². The molecule has 0 spiro atoms. The normalized spacial score (nSPS) is 8.11. The fourth-order valence-corrected chi connectivity index (χ4v) is 2.08. The van der Waals surface area contributed by atoms with Crippen LogP contribution in [0.5, 0.6) is 0 Å². The highest BCUT2D eigenvalue weighted by Crippen LogP contribution is 2.20. The van der Waals surface area contributed by atoms with Gasteiger partial charge in [0.1, 0.15) is 0 Å². The number of hydrogen-bond acceptors (Lipinski definition) is 2. The predicted octanol–water partition coefficient (Wildman–Crippen LogP) is 5.56. The van der Waals surface area contributed by atoms with Gasteiger partial charge < -0.3 is 0 Å². The lowest BCUT2D eigenvalue weighted by molar-refractivity contribution is 1.19. The van der Waals surface area contributed by atoms with Gasteiger partial charge in [0.2, 0.25) is 0 Å². The molecular weight excluding hydrogens is 274 g/mol. The second-order valence-corrected chi connectivity index (χ2v) is 4.36. The maximum absolute atomic E-state index is 5.93. The summed E-state index contributed by atoms with van der Waals surface area (Å²) in [5, 5.41) is 2.66. The number of halogens is 1. The molecule has 0 aromatic carbocycles. The third-order valence-corrected chi connectivity index (χ3v) is 3.09. The Kier molecular flexibility index (Phi) is 9.88. The zero-order valence-corrected chi connectivity index (χ0v) is 13.7. The maximum Gasteiger partial charge on any atom is 0.0958 e. The Hall–Kier alpha value is -1.30. The van der Waals surface area contributed by atoms with Gasteiger partial charge in [-0.2, -0.15) is 0 Å². The Balaban J connectivity index is 0.000000741. The summed E-state index contributed by atoms with van der Waals surface area (Å²) < 4.78 is 0. The number of aromatic nitrogens is 1. The lowest BCUT2D eigenvalue weighted by Crippen LogP contribution is -1.81. The standard InChI is InChI=1S/C12H8ClNS.2C2H6/c1-9-8-10(4-6-14-9)2-3-12-11(13)5-7-15-12;2*1-2/h4-8H,1H3;2*1-2H3. The summed E-state index contributed by atoms with van der Waals surface area (Å²) in [6.07, 6.45) is 1.76. The molecule has 0 radical (unpaired) electrons. The fraction of sp³-hybridized carbons (Fsp3) is 0.312. The van der Waals surface area contributed by atoms with E-state index in [1.165, 1.54) is 0 Å². The molecule has 0 aliphatic rings. The molecule has 2 aromatic rings. The van der Waals surface area contributed by atoms with E-state index in [0.29, 0.717) is 0 Å². The lowest BCUT2D eigenvalue weighted by Gasteiger charge is -1.91. The minimum atomic E-state index is 0.721. The second-order valence-electron chi connectivity index (χ2n) is 3.03. The van der Waals surface area contributed by atoms with Crippen molar-refractivity contribution in [1.29, 1.82) is 0 Å². The first-order chi connectivity index (χ1) is 9.25. The molecular formula is C16H20ClNS. The lowest BCUT2D eigenvalue weighted by atomic mass is 10.2. The van der Waals surface area contributed by atoms with Crippen LogP contribution in [-0.2, 0) is 0 Å². The van der Waals surface area contributed by atoms with Crippen LogP contribution in [0.4, 0.5) is 0 Å². The fourth-order valence-electron chi connectivity index (χ4n) is 1.14. The van der Waals surface area contributed by atoms with E-state index in [1.807, 2.05) is 58.2 Å². The van der Waals surface area contributed by atoms with Crippen LogP contribution in [0, 0.1) is 18.8 Å². The van der Waals surface area contributed by atoms with Crippen LogP contribution in [0.15, 0.2) is 29.8 Å². The monoisotopic (exact) mass is 293 g/mol. The molecule has 102 valence electrons. The molecule has 0 saturated carbocycles. The Morgan fingerprint density at radius 3 is 2.32 bits per heavy atom. The van der Waals surface area contributed by atoms with Crippen LogP contribution >= 0.6 is 22.9 Å². The van der Waals surface area contributed by atoms with E-state index in [-0.39, 0.29) is 0 Å². The van der Waals surface area contributed by atoms with Gasteiger partial charge >= 0.3 is 0 Å². The highest BCUT2D eigenvalue weighted by Gasteiger charge is 1.96. The SMILES string of the molecule is CC.CC.Cc1cc(C#Cc2sccc2Cl)ccn1. The van der Waals surface area contributed by atoms with E-state index in [4.69, 9.17) is 11.6 Å². The highest BCUT2D eigenvalue weighted by atomic mass is 35.5. The number of hydrogen-bond donors (Lipinski definition) is 0. The zero-order chi connectivity index (χ0) is 14.7. The maximum atomic E-state index is 5.93. The van der Waals surface area contributed by atoms with Crippen LogP contribution in [0.1, 0.15) is 43.8 Å². The molecule has 0 saturated heterocycles. The number of pyridine rings is 1. The summed E-state index contributed by atoms with van der Waals surface area (Å²) in [7, 11) is 0. The van der Waals surface area contributed by atoms with Gasteiger partial charge in [-0.05, 0) is 36.4 Å². The average Bonchev–Trinajstić information content (AvgIpc) is 2.87. The predicted molar refractivity (Wildman–Crippen MR) is 87.0 cm³/mol. The molecule has 0 amide bonds. The number of thiophene rings is 1. The molecule has 2 aromatic heterocycles. The minimum absolute atomic E-state index is 0.721. The topological polar surface area (TPSA) is 12.9 Å². The Bertz CT molecular complexity index is 535. The van der Waals surface area contributed by atoms with E-state index in [2.05, 4.69) is 16.8 Å². The van der Waals surface area contributed by atoms with Gasteiger partial charge in [0.05, 0.1) is 9.90 Å². The molecule has 2 heterocycles. The van der Waals surface area contributed by atoms with Gasteiger partial charge in [-0.3, -0.25) is 4.98 Å². The molecule has 0 aliphatic heterocycles. The molecule has 1 nitrogen and oxygen atoms in total. The third kappa shape index (κ3) is 6.42. The summed E-state index contributed by atoms with van der Waals surface area (Å²) >= 11 is 7.48. The van der Waals surface area contributed by atoms with Crippen LogP contribution in [-0.4, -0.2) is 4.98 Å². The molecule has 0 fully saturated rings. The van der Waals surface area contributed by atoms with Crippen LogP contribution in [0.25, 0.3) is 0 Å². The van der Waals surface area contributed by atoms with E-state index in [9.17, 15) is 0 Å². The highest BCUT2D eigenvalue weighted by molar-refractivity contribution is 7.11. The number of aryl methyl sites for hydroxylation is 1. The quantitative estimate of drug-likeness (QED) is 0.580. The van der Waals surface area contributed by atoms with Crippen molar-refractivity contribution < 1.29 is 0 Å². The van der Waals surface area contributed by atoms with Crippen molar-refractivity contribution in [3.05, 3.63) is 50.9 Å². The Morgan fingerprint density at radius 2 is 1.79 bits per heavy atom. The average molecular weight is 294 g/mol. The number of rotatable bonds is 0. The summed E-state index contributed by atoms with van der Waals surface area (Å²) in [6, 6.07) is 5.70. The molecule has 2 rings (SSSR count). The molecule has 0 unspecified atom stereocenters. The van der Waals surface area contributed by atoms with Gasteiger partial charge in [-0.15, -0.1) is 11.3 Å². The molecule has 3 heteroatoms. The first-order valence-electron chi connectivity index (χ1n) is 6.43. The van der Waals surface area contributed by atoms with Crippen molar-refractivity contribution in [2.75, 3.05) is 0 Å². The molecule has 0 N–H and O–H groups in total. The van der Waals surface area contributed by atoms with E-state index in [1.54, 1.807) is 17.5 Å². The van der Waals surface area contributed by atoms with Crippen molar-refractivity contribution in [2.45, 2.75) is 34.6 Å². The van der Waals surface area contributed by atoms with Crippen molar-refractivity contribution in [3.8, 4) is 11.8 Å². The Morgan fingerprint density at radius 1 is 1.11 bits per heavy atom. The van der Waals surface area contributed by atoms with Gasteiger partial charge in [0.25, 0.3) is 0 Å². The Labute approximate surface area is 125 Å². The molecule has 0 aliphatic carbocycles. The molecule has 0 bridgehead atoms. The summed E-state index contributed by atoms with van der Waals surface area (Å²) in [6.45, 7) is 9.95. The minimum Gasteiger partial charge on any atom is -0.262 e. The summed E-state index contributed by atoms with van der Waals surface area (Å²) in [4.78, 5) is 5.02. The summed E-state index contributed by atoms with van der Waals surface area (Å²) in [5.41, 5.74) is 1.94. The number of nitrogens with zero attached hydrogens (tertiary/aromatic N) is 1. The van der Waals surface area contributed by atoms with Gasteiger partial charge in [-0.1, -0.05) is 45.2 Å². The van der Waals surface area contributed by atoms with Crippen LogP contribution in [0.3, 0.4) is 0 Å².